The van der Waals surface area contributed by atoms with Gasteiger partial charge in [-0.1, -0.05) is 12.8 Å². The topological polar surface area (TPSA) is 64.8 Å². The van der Waals surface area contributed by atoms with Crippen LogP contribution >= 0.6 is 10.7 Å². The van der Waals surface area contributed by atoms with Crippen LogP contribution in [0.2, 0.25) is 0 Å². The van der Waals surface area contributed by atoms with Gasteiger partial charge in [-0.15, -0.1) is 10.2 Å². The molecule has 1 aliphatic rings. The van der Waals surface area contributed by atoms with Crippen molar-refractivity contribution in [2.45, 2.75) is 43.8 Å². The number of nitrogens with zero attached hydrogens (tertiary/aromatic N) is 3. The normalized spacial score (nSPS) is 18.5. The van der Waals surface area contributed by atoms with Crippen LogP contribution in [0.15, 0.2) is 5.16 Å². The van der Waals surface area contributed by atoms with Gasteiger partial charge in [0.15, 0.2) is 0 Å². The van der Waals surface area contributed by atoms with Crippen molar-refractivity contribution in [2.75, 3.05) is 0 Å². The summed E-state index contributed by atoms with van der Waals surface area (Å²) in [6, 6.07) is 0.184. The molecule has 1 aromatic rings. The van der Waals surface area contributed by atoms with Crippen LogP contribution in [0, 0.1) is 6.92 Å². The molecule has 0 saturated heterocycles. The van der Waals surface area contributed by atoms with Crippen molar-refractivity contribution in [1.29, 1.82) is 0 Å². The maximum atomic E-state index is 11.3. The van der Waals surface area contributed by atoms with E-state index in [2.05, 4.69) is 10.2 Å². The lowest BCUT2D eigenvalue weighted by molar-refractivity contribution is 0.461. The lowest BCUT2D eigenvalue weighted by Gasteiger charge is -2.13. The molecular formula is C8H12ClN3O2S. The predicted octanol–water partition coefficient (Wildman–Crippen LogP) is 1.63. The minimum absolute atomic E-state index is 0.117. The SMILES string of the molecule is Cc1nnc(S(=O)(=O)Cl)n1C1CCCC1. The fourth-order valence-corrected chi connectivity index (χ4v) is 3.07. The second-order valence-corrected chi connectivity index (χ2v) is 6.24. The standard InChI is InChI=1S/C8H12ClN3O2S/c1-6-10-11-8(15(9,13)14)12(6)7-4-2-3-5-7/h7H,2-5H2,1H3. The van der Waals surface area contributed by atoms with E-state index in [0.717, 1.165) is 25.7 Å². The Balaban J connectivity index is 2.49. The van der Waals surface area contributed by atoms with E-state index >= 15 is 0 Å². The van der Waals surface area contributed by atoms with Gasteiger partial charge in [-0.05, 0) is 19.8 Å². The van der Waals surface area contributed by atoms with Crippen molar-refractivity contribution < 1.29 is 8.42 Å². The van der Waals surface area contributed by atoms with Gasteiger partial charge in [0.1, 0.15) is 5.82 Å². The number of aromatic nitrogens is 3. The van der Waals surface area contributed by atoms with Crippen LogP contribution < -0.4 is 0 Å². The highest BCUT2D eigenvalue weighted by Crippen LogP contribution is 2.32. The van der Waals surface area contributed by atoms with Gasteiger partial charge in [-0.25, -0.2) is 8.42 Å². The average Bonchev–Trinajstić information content (AvgIpc) is 2.69. The molecule has 5 nitrogen and oxygen atoms in total. The summed E-state index contributed by atoms with van der Waals surface area (Å²) in [5.41, 5.74) is 0. The van der Waals surface area contributed by atoms with Gasteiger partial charge in [0.05, 0.1) is 0 Å². The molecule has 0 unspecified atom stereocenters. The van der Waals surface area contributed by atoms with E-state index in [9.17, 15) is 8.42 Å². The first kappa shape index (κ1) is 10.9. The van der Waals surface area contributed by atoms with Gasteiger partial charge in [0, 0.05) is 16.7 Å². The largest absolute Gasteiger partial charge is 0.298 e. The molecule has 2 rings (SSSR count). The van der Waals surface area contributed by atoms with Gasteiger partial charge in [-0.2, -0.15) is 0 Å². The summed E-state index contributed by atoms with van der Waals surface area (Å²) in [4.78, 5) is 0. The van der Waals surface area contributed by atoms with Gasteiger partial charge in [0.25, 0.3) is 14.2 Å². The van der Waals surface area contributed by atoms with Gasteiger partial charge in [0.2, 0.25) is 0 Å². The highest BCUT2D eigenvalue weighted by Gasteiger charge is 2.27. The fraction of sp³-hybridized carbons (Fsp3) is 0.750. The summed E-state index contributed by atoms with van der Waals surface area (Å²) in [7, 11) is 1.52. The first-order valence-corrected chi connectivity index (χ1v) is 7.17. The molecule has 1 aliphatic carbocycles. The summed E-state index contributed by atoms with van der Waals surface area (Å²) in [6.45, 7) is 1.75. The Morgan fingerprint density at radius 1 is 1.33 bits per heavy atom. The number of aryl methyl sites for hydroxylation is 1. The van der Waals surface area contributed by atoms with E-state index in [-0.39, 0.29) is 11.2 Å². The summed E-state index contributed by atoms with van der Waals surface area (Å²) < 4.78 is 24.2. The molecule has 1 heterocycles. The monoisotopic (exact) mass is 249 g/mol. The van der Waals surface area contributed by atoms with Gasteiger partial charge >= 0.3 is 0 Å². The molecule has 0 amide bonds. The lowest BCUT2D eigenvalue weighted by atomic mass is 10.2. The van der Waals surface area contributed by atoms with Crippen LogP contribution in [0.3, 0.4) is 0 Å². The first-order valence-electron chi connectivity index (χ1n) is 4.86. The maximum absolute atomic E-state index is 11.3. The Morgan fingerprint density at radius 3 is 2.47 bits per heavy atom. The van der Waals surface area contributed by atoms with Crippen molar-refractivity contribution in [3.63, 3.8) is 0 Å². The fourth-order valence-electron chi connectivity index (χ4n) is 2.10. The van der Waals surface area contributed by atoms with Gasteiger partial charge < -0.3 is 0 Å². The quantitative estimate of drug-likeness (QED) is 0.748. The van der Waals surface area contributed by atoms with Crippen molar-refractivity contribution in [2.24, 2.45) is 0 Å². The highest BCUT2D eigenvalue weighted by atomic mass is 35.7. The maximum Gasteiger partial charge on any atom is 0.296 e. The molecule has 1 aromatic heterocycles. The van der Waals surface area contributed by atoms with E-state index in [1.807, 2.05) is 0 Å². The Labute approximate surface area is 92.9 Å². The van der Waals surface area contributed by atoms with E-state index in [1.165, 1.54) is 0 Å². The zero-order valence-corrected chi connectivity index (χ0v) is 9.92. The predicted molar refractivity (Wildman–Crippen MR) is 55.3 cm³/mol. The number of hydrogen-bond donors (Lipinski definition) is 0. The average molecular weight is 250 g/mol. The van der Waals surface area contributed by atoms with E-state index in [4.69, 9.17) is 10.7 Å². The number of hydrogen-bond acceptors (Lipinski definition) is 4. The van der Waals surface area contributed by atoms with Crippen molar-refractivity contribution in [3.8, 4) is 0 Å². The Bertz CT molecular complexity index is 462. The summed E-state index contributed by atoms with van der Waals surface area (Å²) >= 11 is 0. The Kier molecular flexibility index (Phi) is 2.72. The highest BCUT2D eigenvalue weighted by molar-refractivity contribution is 8.13. The molecule has 0 spiro atoms. The lowest BCUT2D eigenvalue weighted by Crippen LogP contribution is -2.12. The summed E-state index contributed by atoms with van der Waals surface area (Å²) in [5.74, 6) is 0.612. The molecule has 0 atom stereocenters. The molecule has 0 bridgehead atoms. The molecule has 0 aromatic carbocycles. The minimum atomic E-state index is -3.79. The van der Waals surface area contributed by atoms with E-state index < -0.39 is 9.05 Å². The first-order chi connectivity index (χ1) is 7.00. The van der Waals surface area contributed by atoms with Crippen molar-refractivity contribution >= 4 is 19.7 Å². The molecule has 0 aliphatic heterocycles. The number of rotatable bonds is 2. The van der Waals surface area contributed by atoms with Crippen LogP contribution in [0.1, 0.15) is 37.5 Å². The molecule has 15 heavy (non-hydrogen) atoms. The molecule has 84 valence electrons. The van der Waals surface area contributed by atoms with E-state index in [0.29, 0.717) is 5.82 Å². The molecule has 0 N–H and O–H groups in total. The van der Waals surface area contributed by atoms with Crippen LogP contribution in [0.5, 0.6) is 0 Å². The second kappa shape index (κ2) is 3.75. The summed E-state index contributed by atoms with van der Waals surface area (Å²) in [5, 5.41) is 7.28. The Morgan fingerprint density at radius 2 is 1.93 bits per heavy atom. The van der Waals surface area contributed by atoms with Crippen LogP contribution in [-0.4, -0.2) is 23.2 Å². The minimum Gasteiger partial charge on any atom is -0.298 e. The molecule has 1 saturated carbocycles. The zero-order chi connectivity index (χ0) is 11.1. The molecule has 1 fully saturated rings. The molecular weight excluding hydrogens is 238 g/mol. The molecule has 0 radical (unpaired) electrons. The third kappa shape index (κ3) is 2.01. The zero-order valence-electron chi connectivity index (χ0n) is 8.35. The third-order valence-electron chi connectivity index (χ3n) is 2.74. The Hall–Kier alpha value is -0.620. The van der Waals surface area contributed by atoms with Crippen molar-refractivity contribution in [1.82, 2.24) is 14.8 Å². The van der Waals surface area contributed by atoms with Crippen LogP contribution in [-0.2, 0) is 9.05 Å². The van der Waals surface area contributed by atoms with Crippen LogP contribution in [0.25, 0.3) is 0 Å². The van der Waals surface area contributed by atoms with Crippen molar-refractivity contribution in [3.05, 3.63) is 5.82 Å². The van der Waals surface area contributed by atoms with E-state index in [1.54, 1.807) is 11.5 Å². The second-order valence-electron chi connectivity index (χ2n) is 3.78. The van der Waals surface area contributed by atoms with Gasteiger partial charge in [-0.3, -0.25) is 4.57 Å². The summed E-state index contributed by atoms with van der Waals surface area (Å²) in [6.07, 6.45) is 4.17. The number of halogens is 1. The van der Waals surface area contributed by atoms with Crippen LogP contribution in [0.4, 0.5) is 0 Å². The smallest absolute Gasteiger partial charge is 0.296 e. The third-order valence-corrected chi connectivity index (χ3v) is 3.87. The molecule has 7 heteroatoms.